The molecule has 1 aromatic rings. The predicted molar refractivity (Wildman–Crippen MR) is 107 cm³/mol. The van der Waals surface area contributed by atoms with Crippen molar-refractivity contribution < 1.29 is 22.7 Å². The van der Waals surface area contributed by atoms with Gasteiger partial charge in [-0.1, -0.05) is 17.7 Å². The normalized spacial score (nSPS) is 19.5. The topological polar surface area (TPSA) is 80.8 Å². The van der Waals surface area contributed by atoms with Gasteiger partial charge in [-0.05, 0) is 45.7 Å². The second kappa shape index (κ2) is 9.10. The average Bonchev–Trinajstić information content (AvgIpc) is 2.94. The molecule has 0 unspecified atom stereocenters. The summed E-state index contributed by atoms with van der Waals surface area (Å²) in [6.07, 6.45) is -0.494. The van der Waals surface area contributed by atoms with E-state index in [0.29, 0.717) is 13.0 Å². The number of amides is 1. The molecule has 0 aliphatic carbocycles. The molecule has 0 saturated carbocycles. The van der Waals surface area contributed by atoms with Crippen molar-refractivity contribution in [2.45, 2.75) is 51.2 Å². The van der Waals surface area contributed by atoms with E-state index in [1.165, 1.54) is 23.6 Å². The highest BCUT2D eigenvalue weighted by Crippen LogP contribution is 2.24. The largest absolute Gasteiger partial charge is 0.452 e. The van der Waals surface area contributed by atoms with Crippen molar-refractivity contribution in [3.05, 3.63) is 29.3 Å². The monoisotopic (exact) mass is 413 g/mol. The molecule has 1 aliphatic rings. The number of likely N-dealkylation sites (N-methyl/N-ethyl adjacent to an activating group) is 1. The zero-order valence-electron chi connectivity index (χ0n) is 16.2. The molecule has 0 spiro atoms. The van der Waals surface area contributed by atoms with Gasteiger partial charge in [0.15, 0.2) is 15.9 Å². The van der Waals surface area contributed by atoms with Gasteiger partial charge in [0.05, 0.1) is 17.3 Å². The Morgan fingerprint density at radius 1 is 1.33 bits per heavy atom. The zero-order valence-corrected chi connectivity index (χ0v) is 17.9. The molecule has 1 aromatic carbocycles. The molecule has 0 aromatic heterocycles. The van der Waals surface area contributed by atoms with E-state index >= 15 is 0 Å². The fraction of sp³-hybridized carbons (Fsp3) is 0.579. The Morgan fingerprint density at radius 3 is 2.59 bits per heavy atom. The highest BCUT2D eigenvalue weighted by Gasteiger charge is 2.36. The van der Waals surface area contributed by atoms with Gasteiger partial charge >= 0.3 is 5.97 Å². The van der Waals surface area contributed by atoms with Gasteiger partial charge in [0.25, 0.3) is 5.91 Å². The van der Waals surface area contributed by atoms with Crippen LogP contribution in [0.25, 0.3) is 0 Å². The number of thioether (sulfide) groups is 1. The molecule has 1 heterocycles. The Kier molecular flexibility index (Phi) is 7.33. The first kappa shape index (κ1) is 21.8. The Morgan fingerprint density at radius 2 is 2.04 bits per heavy atom. The van der Waals surface area contributed by atoms with Crippen LogP contribution < -0.4 is 0 Å². The highest BCUT2D eigenvalue weighted by molar-refractivity contribution is 8.00. The third-order valence-corrected chi connectivity index (χ3v) is 7.50. The first-order chi connectivity index (χ1) is 12.6. The summed E-state index contributed by atoms with van der Waals surface area (Å²) in [6.45, 7) is 7.72. The maximum Gasteiger partial charge on any atom is 0.317 e. The minimum Gasteiger partial charge on any atom is -0.452 e. The van der Waals surface area contributed by atoms with E-state index in [4.69, 9.17) is 4.74 Å². The number of ether oxygens (including phenoxy) is 1. The molecule has 150 valence electrons. The molecule has 1 amide bonds. The molecule has 0 bridgehead atoms. The van der Waals surface area contributed by atoms with E-state index in [1.807, 2.05) is 26.0 Å². The molecule has 0 radical (unpaired) electrons. The van der Waals surface area contributed by atoms with Gasteiger partial charge in [-0.25, -0.2) is 8.42 Å². The third-order valence-electron chi connectivity index (χ3n) is 4.60. The molecular weight excluding hydrogens is 386 g/mol. The summed E-state index contributed by atoms with van der Waals surface area (Å²) in [5.74, 6) is -0.607. The molecule has 1 aliphatic heterocycles. The Balaban J connectivity index is 1.89. The summed E-state index contributed by atoms with van der Waals surface area (Å²) in [6, 6.07) is 5.67. The second-order valence-corrected chi connectivity index (χ2v) is 10.1. The minimum atomic E-state index is -3.08. The van der Waals surface area contributed by atoms with Crippen LogP contribution in [0.5, 0.6) is 0 Å². The summed E-state index contributed by atoms with van der Waals surface area (Å²) in [5, 5.41) is 0. The Bertz CT molecular complexity index is 806. The van der Waals surface area contributed by atoms with E-state index < -0.39 is 21.9 Å². The number of hydrogen-bond acceptors (Lipinski definition) is 6. The number of hydrogen-bond donors (Lipinski definition) is 0. The van der Waals surface area contributed by atoms with Gasteiger partial charge in [0.1, 0.15) is 0 Å². The third kappa shape index (κ3) is 5.97. The lowest BCUT2D eigenvalue weighted by atomic mass is 10.2. The first-order valence-corrected chi connectivity index (χ1v) is 11.8. The maximum atomic E-state index is 12.6. The summed E-state index contributed by atoms with van der Waals surface area (Å²) in [7, 11) is -3.08. The van der Waals surface area contributed by atoms with Gasteiger partial charge in [-0.3, -0.25) is 9.59 Å². The smallest absolute Gasteiger partial charge is 0.317 e. The lowest BCUT2D eigenvalue weighted by Crippen LogP contribution is -2.46. The van der Waals surface area contributed by atoms with E-state index in [1.54, 1.807) is 6.92 Å². The maximum absolute atomic E-state index is 12.6. The molecule has 0 N–H and O–H groups in total. The van der Waals surface area contributed by atoms with Gasteiger partial charge in [0.2, 0.25) is 0 Å². The Labute approximate surface area is 165 Å². The fourth-order valence-electron chi connectivity index (χ4n) is 3.23. The van der Waals surface area contributed by atoms with E-state index in [0.717, 1.165) is 16.0 Å². The summed E-state index contributed by atoms with van der Waals surface area (Å²) < 4.78 is 28.6. The number of nitrogens with zero attached hydrogens (tertiary/aromatic N) is 1. The van der Waals surface area contributed by atoms with Crippen LogP contribution in [0.3, 0.4) is 0 Å². The molecule has 2 atom stereocenters. The van der Waals surface area contributed by atoms with Crippen LogP contribution in [0.15, 0.2) is 23.1 Å². The molecule has 2 rings (SSSR count). The van der Waals surface area contributed by atoms with Gasteiger partial charge in [-0.2, -0.15) is 0 Å². The van der Waals surface area contributed by atoms with Gasteiger partial charge in [-0.15, -0.1) is 11.8 Å². The van der Waals surface area contributed by atoms with Crippen LogP contribution in [0, 0.1) is 13.8 Å². The van der Waals surface area contributed by atoms with Crippen molar-refractivity contribution >= 4 is 33.5 Å². The molecule has 8 heteroatoms. The highest BCUT2D eigenvalue weighted by atomic mass is 32.2. The molecule has 27 heavy (non-hydrogen) atoms. The summed E-state index contributed by atoms with van der Waals surface area (Å²) in [4.78, 5) is 27.3. The lowest BCUT2D eigenvalue weighted by Gasteiger charge is -2.29. The molecule has 1 saturated heterocycles. The zero-order chi connectivity index (χ0) is 20.2. The molecule has 6 nitrogen and oxygen atoms in total. The van der Waals surface area contributed by atoms with Crippen molar-refractivity contribution in [3.63, 3.8) is 0 Å². The van der Waals surface area contributed by atoms with Gasteiger partial charge in [0, 0.05) is 17.5 Å². The van der Waals surface area contributed by atoms with Crippen molar-refractivity contribution in [1.82, 2.24) is 4.90 Å². The van der Waals surface area contributed by atoms with E-state index in [-0.39, 0.29) is 29.2 Å². The van der Waals surface area contributed by atoms with Crippen LogP contribution in [0.4, 0.5) is 0 Å². The van der Waals surface area contributed by atoms with Crippen LogP contribution in [0.1, 0.15) is 31.4 Å². The van der Waals surface area contributed by atoms with E-state index in [9.17, 15) is 18.0 Å². The number of carbonyl (C=O) groups excluding carboxylic acids is 2. The van der Waals surface area contributed by atoms with Gasteiger partial charge < -0.3 is 9.64 Å². The number of esters is 1. The minimum absolute atomic E-state index is 0.0181. The molecular formula is C19H27NO5S2. The second-order valence-electron chi connectivity index (χ2n) is 6.87. The fourth-order valence-corrected chi connectivity index (χ4v) is 5.75. The van der Waals surface area contributed by atoms with Crippen LogP contribution in [-0.2, 0) is 24.2 Å². The van der Waals surface area contributed by atoms with Crippen LogP contribution >= 0.6 is 11.8 Å². The average molecular weight is 414 g/mol. The number of carbonyl (C=O) groups is 2. The standard InChI is InChI=1S/C19H27NO5S2/c1-5-20(16-8-9-27(23,24)12-16)19(22)15(4)25-18(21)11-26-17-7-6-13(2)10-14(17)3/h6-7,10,15-16H,5,8-9,11-12H2,1-4H3/t15-,16+/m1/s1. The van der Waals surface area contributed by atoms with Crippen molar-refractivity contribution in [1.29, 1.82) is 0 Å². The van der Waals surface area contributed by atoms with E-state index in [2.05, 4.69) is 6.07 Å². The number of sulfone groups is 1. The van der Waals surface area contributed by atoms with Crippen LogP contribution in [0.2, 0.25) is 0 Å². The van der Waals surface area contributed by atoms with Crippen molar-refractivity contribution in [3.8, 4) is 0 Å². The Hall–Kier alpha value is -1.54. The SMILES string of the molecule is CCN(C(=O)[C@@H](C)OC(=O)CSc1ccc(C)cc1C)[C@H]1CCS(=O)(=O)C1. The quantitative estimate of drug-likeness (QED) is 0.504. The van der Waals surface area contributed by atoms with Crippen LogP contribution in [-0.4, -0.2) is 61.1 Å². The first-order valence-electron chi connectivity index (χ1n) is 9.03. The summed E-state index contributed by atoms with van der Waals surface area (Å²) >= 11 is 1.38. The summed E-state index contributed by atoms with van der Waals surface area (Å²) in [5.41, 5.74) is 2.25. The van der Waals surface area contributed by atoms with Crippen molar-refractivity contribution in [2.24, 2.45) is 0 Å². The number of rotatable bonds is 7. The number of aryl methyl sites for hydroxylation is 2. The number of benzene rings is 1. The lowest BCUT2D eigenvalue weighted by molar-refractivity contribution is -0.157. The molecule has 1 fully saturated rings. The van der Waals surface area contributed by atoms with Crippen molar-refractivity contribution in [2.75, 3.05) is 23.8 Å². The predicted octanol–water partition coefficient (Wildman–Crippen LogP) is 2.36.